The summed E-state index contributed by atoms with van der Waals surface area (Å²) in [6.45, 7) is 8.61. The molecular weight excluding hydrogens is 671 g/mol. The second kappa shape index (κ2) is 19.1. The van der Waals surface area contributed by atoms with Crippen molar-refractivity contribution in [3.63, 3.8) is 0 Å². The number of pyridine rings is 1. The molecule has 0 saturated carbocycles. The van der Waals surface area contributed by atoms with Crippen LogP contribution in [0.3, 0.4) is 0 Å². The molecule has 2 aliphatic heterocycles. The van der Waals surface area contributed by atoms with Crippen LogP contribution in [-0.2, 0) is 37.6 Å². The fraction of sp³-hybridized carbons (Fsp3) is 0.395. The summed E-state index contributed by atoms with van der Waals surface area (Å²) in [5.74, 6) is 1.10. The Kier molecular flexibility index (Phi) is 13.8. The summed E-state index contributed by atoms with van der Waals surface area (Å²) in [6, 6.07) is 24.0. The van der Waals surface area contributed by atoms with Crippen LogP contribution in [0.1, 0.15) is 69.1 Å². The number of ether oxygens (including phenoxy) is 3. The second-order valence-electron chi connectivity index (χ2n) is 13.4. The molecule has 8 nitrogen and oxygen atoms in total. The maximum Gasteiger partial charge on any atom is 0.251 e. The van der Waals surface area contributed by atoms with Crippen LogP contribution in [0.25, 0.3) is 17.2 Å². The van der Waals surface area contributed by atoms with Gasteiger partial charge in [0.15, 0.2) is 4.90 Å². The highest BCUT2D eigenvalue weighted by Crippen LogP contribution is 2.34. The number of carbonyl (C=O) groups excluding carboxylic acids is 1. The van der Waals surface area contributed by atoms with E-state index in [-0.39, 0.29) is 12.0 Å². The van der Waals surface area contributed by atoms with Gasteiger partial charge in [0, 0.05) is 61.2 Å². The first-order chi connectivity index (χ1) is 25.5. The highest BCUT2D eigenvalue weighted by molar-refractivity contribution is 7.90. The van der Waals surface area contributed by atoms with Gasteiger partial charge in [0.25, 0.3) is 5.91 Å². The zero-order valence-corrected chi connectivity index (χ0v) is 31.3. The van der Waals surface area contributed by atoms with E-state index >= 15 is 0 Å². The van der Waals surface area contributed by atoms with Crippen LogP contribution in [0, 0.1) is 0 Å². The first-order valence-corrected chi connectivity index (χ1v) is 20.1. The molecule has 1 unspecified atom stereocenters. The van der Waals surface area contributed by atoms with Gasteiger partial charge in [-0.1, -0.05) is 38.5 Å². The molecule has 274 valence electrons. The molecule has 52 heavy (non-hydrogen) atoms. The van der Waals surface area contributed by atoms with Crippen molar-refractivity contribution >= 4 is 34.5 Å². The predicted octanol–water partition coefficient (Wildman–Crippen LogP) is 8.62. The number of nitrogens with one attached hydrogen (secondary N) is 1. The van der Waals surface area contributed by atoms with Gasteiger partial charge in [0.05, 0.1) is 12.7 Å². The Morgan fingerprint density at radius 1 is 0.981 bits per heavy atom. The number of hydrogen-bond donors (Lipinski definition) is 1. The summed E-state index contributed by atoms with van der Waals surface area (Å²) in [5, 5.41) is 3.11. The van der Waals surface area contributed by atoms with Crippen LogP contribution >= 0.6 is 0 Å². The van der Waals surface area contributed by atoms with E-state index < -0.39 is 11.2 Å². The Labute approximate surface area is 311 Å². The van der Waals surface area contributed by atoms with Gasteiger partial charge in [0.1, 0.15) is 18.1 Å². The highest BCUT2D eigenvalue weighted by Gasteiger charge is 2.24. The molecule has 2 aliphatic rings. The van der Waals surface area contributed by atoms with Crippen LogP contribution in [0.2, 0.25) is 0 Å². The molecule has 0 radical (unpaired) electrons. The van der Waals surface area contributed by atoms with Gasteiger partial charge in [0.2, 0.25) is 0 Å². The smallest absolute Gasteiger partial charge is 0.251 e. The van der Waals surface area contributed by atoms with Crippen molar-refractivity contribution in [2.45, 2.75) is 75.5 Å². The average molecular weight is 722 g/mol. The van der Waals surface area contributed by atoms with Crippen molar-refractivity contribution in [3.8, 4) is 16.9 Å². The molecule has 1 saturated heterocycles. The summed E-state index contributed by atoms with van der Waals surface area (Å²) in [7, 11) is 0. The molecule has 9 heteroatoms. The minimum atomic E-state index is -1.22. The van der Waals surface area contributed by atoms with Crippen molar-refractivity contribution in [1.82, 2.24) is 4.98 Å². The number of nitrogens with zero attached hydrogens (tertiary/aromatic N) is 2. The third kappa shape index (κ3) is 10.3. The Morgan fingerprint density at radius 2 is 1.81 bits per heavy atom. The number of aromatic nitrogens is 1. The van der Waals surface area contributed by atoms with E-state index in [1.807, 2.05) is 42.5 Å². The van der Waals surface area contributed by atoms with Crippen molar-refractivity contribution in [2.24, 2.45) is 0 Å². The maximum atomic E-state index is 13.8. The molecule has 0 bridgehead atoms. The number of hydrogen-bond acceptors (Lipinski definition) is 7. The first kappa shape index (κ1) is 37.6. The molecule has 3 aromatic carbocycles. The minimum absolute atomic E-state index is 0.124. The predicted molar refractivity (Wildman–Crippen MR) is 210 cm³/mol. The monoisotopic (exact) mass is 721 g/mol. The summed E-state index contributed by atoms with van der Waals surface area (Å²) < 4.78 is 30.7. The zero-order valence-electron chi connectivity index (χ0n) is 30.5. The van der Waals surface area contributed by atoms with Gasteiger partial charge in [-0.05, 0) is 133 Å². The summed E-state index contributed by atoms with van der Waals surface area (Å²) >= 11 is -1.22. The Balaban J connectivity index is 1.17. The van der Waals surface area contributed by atoms with Crippen LogP contribution in [0.5, 0.6) is 5.75 Å². The number of aryl methyl sites for hydroxylation is 1. The molecule has 4 aromatic rings. The number of rotatable bonds is 16. The molecule has 0 aliphatic carbocycles. The van der Waals surface area contributed by atoms with E-state index in [1.165, 1.54) is 0 Å². The van der Waals surface area contributed by atoms with Crippen molar-refractivity contribution in [2.75, 3.05) is 49.7 Å². The standard InChI is InChI=1S/C43H51N3O5S/c1-3-5-23-49-25-26-51-39-15-10-33(11-16-39)34-12-19-42-36(27-34)28-35(8-6-22-46(42)30-40-9-7-24-50-40)43(47)45-38-13-17-41(18-14-38)52(48)31-37-29-44-21-20-32(37)4-2/h10-21,27-29,40H,3-9,22-26,30-31H2,1-2H3,(H,45,47)/b35-28+/t40-,52?/m1/s1. The molecule has 1 amide bonds. The normalized spacial score (nSPS) is 17.4. The van der Waals surface area contributed by atoms with E-state index in [1.54, 1.807) is 12.4 Å². The highest BCUT2D eigenvalue weighted by atomic mass is 32.2. The van der Waals surface area contributed by atoms with Gasteiger partial charge in [-0.25, -0.2) is 0 Å². The molecule has 2 atom stereocenters. The lowest BCUT2D eigenvalue weighted by Crippen LogP contribution is -2.34. The SMILES string of the molecule is CCCCOCCOc1ccc(-c2ccc3c(c2)/C=C(/C(=O)Nc2ccc([S+]([O-])Cc4cnccc4CC)cc2)CCCN3C[C@H]2CCCO2)cc1. The fourth-order valence-electron chi connectivity index (χ4n) is 6.75. The lowest BCUT2D eigenvalue weighted by atomic mass is 9.96. The molecule has 6 rings (SSSR count). The second-order valence-corrected chi connectivity index (χ2v) is 14.9. The molecule has 1 aromatic heterocycles. The maximum absolute atomic E-state index is 13.8. The van der Waals surface area contributed by atoms with Crippen molar-refractivity contribution in [1.29, 1.82) is 0 Å². The third-order valence-electron chi connectivity index (χ3n) is 9.69. The van der Waals surface area contributed by atoms with E-state index in [0.29, 0.717) is 31.1 Å². The molecular formula is C43H51N3O5S. The number of unbranched alkanes of at least 4 members (excludes halogenated alkanes) is 1. The topological polar surface area (TPSA) is 96.0 Å². The van der Waals surface area contributed by atoms with E-state index in [2.05, 4.69) is 65.5 Å². The van der Waals surface area contributed by atoms with E-state index in [9.17, 15) is 9.35 Å². The molecule has 0 spiro atoms. The number of benzene rings is 3. The Morgan fingerprint density at radius 3 is 2.58 bits per heavy atom. The molecule has 3 heterocycles. The average Bonchev–Trinajstić information content (AvgIpc) is 3.68. The van der Waals surface area contributed by atoms with E-state index in [0.717, 1.165) is 115 Å². The van der Waals surface area contributed by atoms with Gasteiger partial charge >= 0.3 is 0 Å². The first-order valence-electron chi connectivity index (χ1n) is 18.7. The van der Waals surface area contributed by atoms with Gasteiger partial charge < -0.3 is 29.0 Å². The lowest BCUT2D eigenvalue weighted by Gasteiger charge is -2.31. The molecule has 1 fully saturated rings. The zero-order chi connectivity index (χ0) is 36.1. The van der Waals surface area contributed by atoms with Gasteiger partial charge in [-0.15, -0.1) is 0 Å². The summed E-state index contributed by atoms with van der Waals surface area (Å²) in [4.78, 5) is 21.1. The molecule has 1 N–H and O–H groups in total. The van der Waals surface area contributed by atoms with Crippen LogP contribution < -0.4 is 15.0 Å². The van der Waals surface area contributed by atoms with Crippen molar-refractivity contribution in [3.05, 3.63) is 107 Å². The largest absolute Gasteiger partial charge is 0.611 e. The van der Waals surface area contributed by atoms with Crippen LogP contribution in [-0.4, -0.2) is 61.1 Å². The minimum Gasteiger partial charge on any atom is -0.611 e. The van der Waals surface area contributed by atoms with Crippen LogP contribution in [0.15, 0.2) is 95.7 Å². The number of carbonyl (C=O) groups is 1. The third-order valence-corrected chi connectivity index (χ3v) is 11.1. The van der Waals surface area contributed by atoms with Crippen LogP contribution in [0.4, 0.5) is 11.4 Å². The van der Waals surface area contributed by atoms with Crippen molar-refractivity contribution < 1.29 is 23.6 Å². The number of fused-ring (bicyclic) bond motifs is 1. The van der Waals surface area contributed by atoms with Gasteiger partial charge in [-0.2, -0.15) is 0 Å². The number of amides is 1. The summed E-state index contributed by atoms with van der Waals surface area (Å²) in [6.07, 6.45) is 12.6. The Bertz CT molecular complexity index is 1770. The summed E-state index contributed by atoms with van der Waals surface area (Å²) in [5.41, 5.74) is 7.84. The lowest BCUT2D eigenvalue weighted by molar-refractivity contribution is -0.112. The Hall–Kier alpha value is -4.15. The van der Waals surface area contributed by atoms with E-state index in [4.69, 9.17) is 14.2 Å². The number of anilines is 2. The fourth-order valence-corrected chi connectivity index (χ4v) is 7.90. The quantitative estimate of drug-likeness (QED) is 0.0915. The van der Waals surface area contributed by atoms with Gasteiger partial charge in [-0.3, -0.25) is 9.78 Å².